The summed E-state index contributed by atoms with van der Waals surface area (Å²) >= 11 is 0. The van der Waals surface area contributed by atoms with Crippen molar-refractivity contribution in [3.8, 4) is 0 Å². The maximum Gasteiger partial charge on any atom is 1.00 e. The Hall–Kier alpha value is 0.850. The molecule has 0 aromatic rings. The summed E-state index contributed by atoms with van der Waals surface area (Å²) in [5.74, 6) is -2.24. The number of hydrogen-bond donors (Lipinski definition) is 0. The Labute approximate surface area is 176 Å². The van der Waals surface area contributed by atoms with Crippen LogP contribution in [0.4, 0.5) is 0 Å². The second kappa shape index (κ2) is 16.7. The molecule has 0 spiro atoms. The molecule has 7 nitrogen and oxygen atoms in total. The molecule has 0 saturated heterocycles. The standard InChI is InChI=1S/C8H18O3S.C4H6O4.2Na/c1-7(2)5-11-12(9,10)6-8(3)4;5-3(6)1-2-4(7)8;;/h7-8H,5-6H2,1-4H3;1-2H2,(H,5,6)(H,7,8);;/q;;2*+1/p-2. The molecule has 0 saturated carbocycles. The molecule has 0 unspecified atom stereocenters. The second-order valence-corrected chi connectivity index (χ2v) is 6.72. The first-order valence-corrected chi connectivity index (χ1v) is 7.80. The van der Waals surface area contributed by atoms with Crippen molar-refractivity contribution in [3.63, 3.8) is 0 Å². The van der Waals surface area contributed by atoms with Crippen molar-refractivity contribution in [3.05, 3.63) is 0 Å². The molecule has 0 amide bonds. The number of rotatable bonds is 8. The van der Waals surface area contributed by atoms with Crippen LogP contribution in [-0.4, -0.2) is 32.7 Å². The molecular weight excluding hydrogens is 334 g/mol. The van der Waals surface area contributed by atoms with E-state index in [1.165, 1.54) is 0 Å². The average molecular weight is 356 g/mol. The van der Waals surface area contributed by atoms with Gasteiger partial charge in [0.1, 0.15) is 0 Å². The zero-order chi connectivity index (χ0) is 16.3. The first-order valence-electron chi connectivity index (χ1n) is 6.23. The molecule has 0 heterocycles. The zero-order valence-electron chi connectivity index (χ0n) is 14.2. The third-order valence-electron chi connectivity index (χ3n) is 1.65. The molecule has 0 aliphatic carbocycles. The fourth-order valence-corrected chi connectivity index (χ4v) is 2.29. The van der Waals surface area contributed by atoms with Gasteiger partial charge in [-0.3, -0.25) is 4.18 Å². The van der Waals surface area contributed by atoms with E-state index in [1.807, 2.05) is 27.7 Å². The van der Waals surface area contributed by atoms with Gasteiger partial charge in [-0.1, -0.05) is 27.7 Å². The number of carboxylic acids is 2. The molecule has 0 fully saturated rings. The Morgan fingerprint density at radius 3 is 1.50 bits per heavy atom. The average Bonchev–Trinajstić information content (AvgIpc) is 2.23. The van der Waals surface area contributed by atoms with E-state index in [2.05, 4.69) is 0 Å². The topological polar surface area (TPSA) is 124 Å². The Morgan fingerprint density at radius 1 is 0.909 bits per heavy atom. The largest absolute Gasteiger partial charge is 1.00 e. The van der Waals surface area contributed by atoms with Crippen molar-refractivity contribution in [2.24, 2.45) is 11.8 Å². The zero-order valence-corrected chi connectivity index (χ0v) is 19.1. The van der Waals surface area contributed by atoms with Crippen LogP contribution in [0.2, 0.25) is 0 Å². The van der Waals surface area contributed by atoms with Gasteiger partial charge in [-0.05, 0) is 24.7 Å². The summed E-state index contributed by atoms with van der Waals surface area (Å²) in [6.45, 7) is 7.84. The Kier molecular flexibility index (Phi) is 23.3. The maximum absolute atomic E-state index is 11.1. The van der Waals surface area contributed by atoms with E-state index in [4.69, 9.17) is 4.18 Å². The van der Waals surface area contributed by atoms with Gasteiger partial charge in [-0.25, -0.2) is 0 Å². The van der Waals surface area contributed by atoms with E-state index in [1.54, 1.807) is 0 Å². The van der Waals surface area contributed by atoms with Crippen molar-refractivity contribution < 1.29 is 91.5 Å². The van der Waals surface area contributed by atoms with Gasteiger partial charge in [0.25, 0.3) is 10.1 Å². The van der Waals surface area contributed by atoms with E-state index in [-0.39, 0.29) is 83.3 Å². The van der Waals surface area contributed by atoms with Gasteiger partial charge in [0.15, 0.2) is 0 Å². The molecule has 10 heteroatoms. The van der Waals surface area contributed by atoms with Gasteiger partial charge in [-0.2, -0.15) is 8.42 Å². The van der Waals surface area contributed by atoms with Gasteiger partial charge in [0.2, 0.25) is 0 Å². The first-order chi connectivity index (χ1) is 8.96. The number of aliphatic carboxylic acids is 2. The summed E-state index contributed by atoms with van der Waals surface area (Å²) in [6.07, 6.45) is -0.940. The fraction of sp³-hybridized carbons (Fsp3) is 0.833. The summed E-state index contributed by atoms with van der Waals surface area (Å²) in [7, 11) is -3.28. The smallest absolute Gasteiger partial charge is 0.550 e. The predicted molar refractivity (Wildman–Crippen MR) is 68.7 cm³/mol. The van der Waals surface area contributed by atoms with Crippen LogP contribution in [0.5, 0.6) is 0 Å². The van der Waals surface area contributed by atoms with Crippen LogP contribution in [0.1, 0.15) is 40.5 Å². The molecule has 0 atom stereocenters. The van der Waals surface area contributed by atoms with Crippen LogP contribution in [0, 0.1) is 11.8 Å². The van der Waals surface area contributed by atoms with Gasteiger partial charge in [-0.15, -0.1) is 0 Å². The Balaban J connectivity index is -0.000000144. The van der Waals surface area contributed by atoms with E-state index in [9.17, 15) is 28.2 Å². The summed E-state index contributed by atoms with van der Waals surface area (Å²) < 4.78 is 27.0. The molecule has 22 heavy (non-hydrogen) atoms. The van der Waals surface area contributed by atoms with E-state index >= 15 is 0 Å². The quantitative estimate of drug-likeness (QED) is 0.313. The van der Waals surface area contributed by atoms with Crippen molar-refractivity contribution in [2.45, 2.75) is 40.5 Å². The molecule has 0 radical (unpaired) electrons. The van der Waals surface area contributed by atoms with Gasteiger partial charge in [0, 0.05) is 11.9 Å². The molecular formula is C12H22Na2O7S. The van der Waals surface area contributed by atoms with Gasteiger partial charge < -0.3 is 19.8 Å². The van der Waals surface area contributed by atoms with Crippen molar-refractivity contribution in [1.82, 2.24) is 0 Å². The summed E-state index contributed by atoms with van der Waals surface area (Å²) in [5.41, 5.74) is 0. The summed E-state index contributed by atoms with van der Waals surface area (Å²) in [6, 6.07) is 0. The fourth-order valence-electron chi connectivity index (χ4n) is 0.900. The van der Waals surface area contributed by atoms with E-state index in [0.717, 1.165) is 0 Å². The van der Waals surface area contributed by atoms with Crippen LogP contribution < -0.4 is 69.3 Å². The molecule has 0 bridgehead atoms. The van der Waals surface area contributed by atoms with Crippen LogP contribution >= 0.6 is 0 Å². The SMILES string of the molecule is CC(C)COS(=O)(=O)CC(C)C.O=C([O-])CCC(=O)[O-].[Na+].[Na+]. The second-order valence-electron chi connectivity index (χ2n) is 5.04. The predicted octanol–water partition coefficient (Wildman–Crippen LogP) is -7.08. The normalized spacial score (nSPS) is 10.1. The Morgan fingerprint density at radius 2 is 1.27 bits per heavy atom. The first kappa shape index (κ1) is 30.7. The van der Waals surface area contributed by atoms with Crippen molar-refractivity contribution >= 4 is 22.1 Å². The molecule has 0 aliphatic rings. The minimum Gasteiger partial charge on any atom is -0.550 e. The molecule has 0 aromatic heterocycles. The van der Waals surface area contributed by atoms with Crippen molar-refractivity contribution in [1.29, 1.82) is 0 Å². The van der Waals surface area contributed by atoms with Gasteiger partial charge in [0.05, 0.1) is 12.4 Å². The summed E-state index contributed by atoms with van der Waals surface area (Å²) in [4.78, 5) is 19.0. The monoisotopic (exact) mass is 356 g/mol. The number of carbonyl (C=O) groups excluding carboxylic acids is 2. The van der Waals surface area contributed by atoms with E-state index in [0.29, 0.717) is 0 Å². The van der Waals surface area contributed by atoms with Crippen LogP contribution in [-0.2, 0) is 23.9 Å². The van der Waals surface area contributed by atoms with Crippen molar-refractivity contribution in [2.75, 3.05) is 12.4 Å². The molecule has 0 aromatic carbocycles. The summed E-state index contributed by atoms with van der Waals surface area (Å²) in [5, 5.41) is 19.0. The molecule has 0 aliphatic heterocycles. The van der Waals surface area contributed by atoms with Crippen LogP contribution in [0.3, 0.4) is 0 Å². The van der Waals surface area contributed by atoms with Crippen LogP contribution in [0.15, 0.2) is 0 Å². The molecule has 120 valence electrons. The van der Waals surface area contributed by atoms with Gasteiger partial charge >= 0.3 is 59.1 Å². The molecule has 0 N–H and O–H groups in total. The third-order valence-corrected chi connectivity index (χ3v) is 3.22. The van der Waals surface area contributed by atoms with Crippen LogP contribution in [0.25, 0.3) is 0 Å². The number of hydrogen-bond acceptors (Lipinski definition) is 7. The maximum atomic E-state index is 11.1. The number of carbonyl (C=O) groups is 2. The number of carboxylic acid groups (broad SMARTS) is 2. The van der Waals surface area contributed by atoms with E-state index < -0.39 is 34.9 Å². The minimum absolute atomic E-state index is 0. The molecule has 0 rings (SSSR count). The minimum atomic E-state index is -3.28. The third kappa shape index (κ3) is 28.9. The Bertz CT molecular complexity index is 380.